The number of fused-ring (bicyclic) bond motifs is 2. The maximum absolute atomic E-state index is 14.0. The van der Waals surface area contributed by atoms with E-state index in [9.17, 15) is 19.5 Å². The molecule has 1 saturated heterocycles. The second-order valence-corrected chi connectivity index (χ2v) is 7.90. The molecule has 2 aromatic rings. The molecule has 8 nitrogen and oxygen atoms in total. The summed E-state index contributed by atoms with van der Waals surface area (Å²) in [5, 5.41) is 11.4. The number of carbonyl (C=O) groups is 3. The van der Waals surface area contributed by atoms with Crippen molar-refractivity contribution < 1.29 is 29.0 Å². The summed E-state index contributed by atoms with van der Waals surface area (Å²) in [5.74, 6) is -2.10. The Morgan fingerprint density at radius 1 is 1.12 bits per heavy atom. The monoisotopic (exact) mass is 462 g/mol. The number of methoxy groups -OCH3 is 1. The Bertz CT molecular complexity index is 1190. The number of carbonyl (C=O) groups excluding carboxylic acids is 3. The van der Waals surface area contributed by atoms with Crippen LogP contribution in [-0.2, 0) is 24.7 Å². The van der Waals surface area contributed by atoms with Crippen molar-refractivity contribution in [2.45, 2.75) is 12.5 Å². The number of hydrogen-bond acceptors (Lipinski definition) is 6. The molecule has 8 heteroatoms. The van der Waals surface area contributed by atoms with E-state index < -0.39 is 28.9 Å². The normalized spacial score (nSPS) is 20.8. The van der Waals surface area contributed by atoms with Crippen LogP contribution in [0, 0.1) is 0 Å². The Morgan fingerprint density at radius 2 is 1.82 bits per heavy atom. The van der Waals surface area contributed by atoms with Gasteiger partial charge in [-0.2, -0.15) is 0 Å². The summed E-state index contributed by atoms with van der Waals surface area (Å²) in [6, 6.07) is 13.4. The molecule has 0 bridgehead atoms. The van der Waals surface area contributed by atoms with Crippen molar-refractivity contribution in [3.05, 3.63) is 77.9 Å². The van der Waals surface area contributed by atoms with Gasteiger partial charge in [0.25, 0.3) is 17.6 Å². The lowest BCUT2D eigenvalue weighted by atomic mass is 9.82. The zero-order valence-corrected chi connectivity index (χ0v) is 19.1. The number of para-hydroxylation sites is 1. The molecule has 0 aliphatic carbocycles. The van der Waals surface area contributed by atoms with Gasteiger partial charge in [0.05, 0.1) is 17.9 Å². The fraction of sp³-hybridized carbons (Fsp3) is 0.269. The van der Waals surface area contributed by atoms with Gasteiger partial charge in [0.1, 0.15) is 18.1 Å². The van der Waals surface area contributed by atoms with Gasteiger partial charge in [-0.3, -0.25) is 14.4 Å². The molecule has 2 heterocycles. The second-order valence-electron chi connectivity index (χ2n) is 7.90. The molecule has 1 unspecified atom stereocenters. The fourth-order valence-electron chi connectivity index (χ4n) is 4.67. The van der Waals surface area contributed by atoms with Crippen molar-refractivity contribution in [1.29, 1.82) is 0 Å². The van der Waals surface area contributed by atoms with E-state index in [-0.39, 0.29) is 24.3 Å². The molecule has 0 saturated carbocycles. The highest BCUT2D eigenvalue weighted by molar-refractivity contribution is 6.50. The Hall–Kier alpha value is -3.91. The lowest BCUT2D eigenvalue weighted by Gasteiger charge is -2.34. The molecule has 0 radical (unpaired) electrons. The van der Waals surface area contributed by atoms with Crippen molar-refractivity contribution in [3.8, 4) is 5.75 Å². The summed E-state index contributed by atoms with van der Waals surface area (Å²) in [5.41, 5.74) is -0.665. The van der Waals surface area contributed by atoms with Gasteiger partial charge in [-0.05, 0) is 37.3 Å². The number of likely N-dealkylation sites (tertiary alicyclic amines) is 1. The maximum atomic E-state index is 14.0. The van der Waals surface area contributed by atoms with E-state index in [0.717, 1.165) is 0 Å². The number of nitrogens with zero attached hydrogens (tertiary/aromatic N) is 2. The summed E-state index contributed by atoms with van der Waals surface area (Å²) in [6.07, 6.45) is 1.61. The Morgan fingerprint density at radius 3 is 2.47 bits per heavy atom. The quantitative estimate of drug-likeness (QED) is 0.281. The van der Waals surface area contributed by atoms with Gasteiger partial charge in [-0.1, -0.05) is 30.9 Å². The fourth-order valence-corrected chi connectivity index (χ4v) is 4.67. The summed E-state index contributed by atoms with van der Waals surface area (Å²) in [4.78, 5) is 43.3. The summed E-state index contributed by atoms with van der Waals surface area (Å²) < 4.78 is 10.6. The van der Waals surface area contributed by atoms with E-state index in [4.69, 9.17) is 9.47 Å². The van der Waals surface area contributed by atoms with Crippen molar-refractivity contribution >= 4 is 29.0 Å². The van der Waals surface area contributed by atoms with Crippen LogP contribution in [0.2, 0.25) is 0 Å². The average molecular weight is 463 g/mol. The lowest BCUT2D eigenvalue weighted by molar-refractivity contribution is -0.144. The largest absolute Gasteiger partial charge is 0.507 e. The number of hydrogen-bond donors (Lipinski definition) is 1. The number of likely N-dealkylation sites (N-methyl/N-ethyl adjacent to an activating group) is 1. The van der Waals surface area contributed by atoms with Crippen LogP contribution in [0.5, 0.6) is 5.75 Å². The van der Waals surface area contributed by atoms with Crippen molar-refractivity contribution in [2.75, 3.05) is 38.3 Å². The molecule has 2 aromatic carbocycles. The van der Waals surface area contributed by atoms with E-state index in [2.05, 4.69) is 6.58 Å². The van der Waals surface area contributed by atoms with Gasteiger partial charge in [0, 0.05) is 31.3 Å². The molecule has 2 aliphatic heterocycles. The van der Waals surface area contributed by atoms with Gasteiger partial charge in [0.2, 0.25) is 0 Å². The van der Waals surface area contributed by atoms with E-state index in [1.165, 1.54) is 16.9 Å². The minimum absolute atomic E-state index is 0.00378. The van der Waals surface area contributed by atoms with Crippen LogP contribution < -0.4 is 9.64 Å². The molecular formula is C26H26N2O6. The van der Waals surface area contributed by atoms with E-state index >= 15 is 0 Å². The molecular weight excluding hydrogens is 436 g/mol. The third-order valence-electron chi connectivity index (χ3n) is 6.14. The molecule has 1 N–H and O–H groups in total. The number of ketones is 1. The van der Waals surface area contributed by atoms with Crippen LogP contribution in [0.1, 0.15) is 18.1 Å². The summed E-state index contributed by atoms with van der Waals surface area (Å²) >= 11 is 0. The number of rotatable bonds is 8. The average Bonchev–Trinajstić information content (AvgIpc) is 3.24. The molecule has 0 aromatic heterocycles. The minimum atomic E-state index is -1.78. The van der Waals surface area contributed by atoms with E-state index in [1.54, 1.807) is 54.6 Å². The molecule has 2 amide bonds. The molecule has 176 valence electrons. The third-order valence-corrected chi connectivity index (χ3v) is 6.14. The van der Waals surface area contributed by atoms with Crippen molar-refractivity contribution in [1.82, 2.24) is 4.90 Å². The number of benzene rings is 2. The number of aliphatic hydroxyl groups is 1. The van der Waals surface area contributed by atoms with Gasteiger partial charge in [-0.15, -0.1) is 0 Å². The maximum Gasteiger partial charge on any atom is 0.296 e. The highest BCUT2D eigenvalue weighted by Crippen LogP contribution is 2.53. The predicted molar refractivity (Wildman–Crippen MR) is 126 cm³/mol. The number of amides is 2. The Kier molecular flexibility index (Phi) is 6.26. The third kappa shape index (κ3) is 3.30. The lowest BCUT2D eigenvalue weighted by Crippen LogP contribution is -2.52. The summed E-state index contributed by atoms with van der Waals surface area (Å²) in [6.45, 7) is 6.19. The Balaban J connectivity index is 1.96. The number of ether oxygens (including phenoxy) is 2. The van der Waals surface area contributed by atoms with Crippen LogP contribution in [0.15, 0.2) is 66.8 Å². The predicted octanol–water partition coefficient (Wildman–Crippen LogP) is 2.84. The van der Waals surface area contributed by atoms with Gasteiger partial charge in [-0.25, -0.2) is 0 Å². The zero-order chi connectivity index (χ0) is 24.5. The number of Topliss-reactive ketones (excluding diaryl/α,β-unsaturated/α-hetero) is 1. The Labute approximate surface area is 197 Å². The first-order valence-corrected chi connectivity index (χ1v) is 11.0. The van der Waals surface area contributed by atoms with Crippen LogP contribution in [0.3, 0.4) is 0 Å². The van der Waals surface area contributed by atoms with E-state index in [0.29, 0.717) is 30.2 Å². The first-order valence-electron chi connectivity index (χ1n) is 11.0. The van der Waals surface area contributed by atoms with E-state index in [1.807, 2.05) is 6.92 Å². The SMILES string of the molecule is C=CCOc1ccc(/C(O)=C2/C(=O)C(=O)N(CCOC)C23C(=O)N(CC)c2ccccc23)cc1. The second kappa shape index (κ2) is 9.15. The van der Waals surface area contributed by atoms with Crippen molar-refractivity contribution in [3.63, 3.8) is 0 Å². The van der Waals surface area contributed by atoms with Crippen LogP contribution in [0.4, 0.5) is 5.69 Å². The first kappa shape index (κ1) is 23.3. The first-order chi connectivity index (χ1) is 16.4. The molecule has 34 heavy (non-hydrogen) atoms. The molecule has 4 rings (SSSR count). The molecule has 1 atom stereocenters. The standard InChI is InChI=1S/C26H26N2O6/c1-4-15-34-18-12-10-17(11-13-18)22(29)21-23(30)24(31)28(14-16-33-3)26(21)19-8-6-7-9-20(19)27(5-2)25(26)32/h4,6-13,29H,1,5,14-16H2,2-3H3/b22-21+. The number of aliphatic hydroxyl groups excluding tert-OH is 1. The zero-order valence-electron chi connectivity index (χ0n) is 19.1. The molecule has 2 aliphatic rings. The smallest absolute Gasteiger partial charge is 0.296 e. The van der Waals surface area contributed by atoms with Crippen molar-refractivity contribution in [2.24, 2.45) is 0 Å². The topological polar surface area (TPSA) is 96.4 Å². The highest BCUT2D eigenvalue weighted by Gasteiger charge is 2.66. The van der Waals surface area contributed by atoms with Gasteiger partial charge < -0.3 is 24.4 Å². The van der Waals surface area contributed by atoms with Crippen LogP contribution in [-0.4, -0.2) is 61.0 Å². The number of anilines is 1. The summed E-state index contributed by atoms with van der Waals surface area (Å²) in [7, 11) is 1.47. The van der Waals surface area contributed by atoms with Crippen LogP contribution >= 0.6 is 0 Å². The molecule has 1 fully saturated rings. The van der Waals surface area contributed by atoms with Gasteiger partial charge >= 0.3 is 0 Å². The highest BCUT2D eigenvalue weighted by atomic mass is 16.5. The van der Waals surface area contributed by atoms with Crippen LogP contribution in [0.25, 0.3) is 5.76 Å². The van der Waals surface area contributed by atoms with Gasteiger partial charge in [0.15, 0.2) is 5.54 Å². The minimum Gasteiger partial charge on any atom is -0.507 e. The molecule has 1 spiro atoms.